The zero-order valence-electron chi connectivity index (χ0n) is 14.9. The molecule has 0 aliphatic carbocycles. The second-order valence-corrected chi connectivity index (χ2v) is 9.83. The fourth-order valence-corrected chi connectivity index (χ4v) is 4.48. The van der Waals surface area contributed by atoms with Crippen LogP contribution in [-0.4, -0.2) is 52.5 Å². The molecule has 0 bridgehead atoms. The summed E-state index contributed by atoms with van der Waals surface area (Å²) in [5.41, 5.74) is 2.31. The zero-order chi connectivity index (χ0) is 18.2. The quantitative estimate of drug-likeness (QED) is 0.543. The van der Waals surface area contributed by atoms with Crippen molar-refractivity contribution in [1.29, 1.82) is 0 Å². The third-order valence-electron chi connectivity index (χ3n) is 3.70. The molecule has 1 aromatic rings. The highest BCUT2D eigenvalue weighted by molar-refractivity contribution is 7.54. The van der Waals surface area contributed by atoms with Gasteiger partial charge in [-0.15, -0.1) is 0 Å². The molecular weight excluding hydrogens is 352 g/mol. The number of hydrogen-bond acceptors (Lipinski definition) is 7. The first kappa shape index (κ1) is 21.5. The molecule has 0 amide bonds. The van der Waals surface area contributed by atoms with Gasteiger partial charge in [-0.2, -0.15) is 0 Å². The third kappa shape index (κ3) is 6.77. The Morgan fingerprint density at radius 3 is 1.62 bits per heavy atom. The van der Waals surface area contributed by atoms with E-state index in [9.17, 15) is 9.13 Å². The second kappa shape index (κ2) is 9.83. The van der Waals surface area contributed by atoms with Gasteiger partial charge >= 0.3 is 15.2 Å². The Morgan fingerprint density at radius 1 is 0.833 bits per heavy atom. The van der Waals surface area contributed by atoms with E-state index in [2.05, 4.69) is 0 Å². The topological polar surface area (TPSA) is 74.3 Å². The van der Waals surface area contributed by atoms with Crippen molar-refractivity contribution in [3.8, 4) is 0 Å². The molecule has 1 aromatic carbocycles. The summed E-state index contributed by atoms with van der Waals surface area (Å²) in [4.78, 5) is 1.72. The van der Waals surface area contributed by atoms with Crippen LogP contribution in [0.15, 0.2) is 24.3 Å². The SMILES string of the molecule is COP(=O)(CN(CCc1ccc(C)cc1)CP(=O)(OC)OC)OC. The minimum Gasteiger partial charge on any atom is -0.311 e. The highest BCUT2D eigenvalue weighted by Gasteiger charge is 2.31. The summed E-state index contributed by atoms with van der Waals surface area (Å²) in [6, 6.07) is 8.13. The monoisotopic (exact) mass is 379 g/mol. The van der Waals surface area contributed by atoms with Crippen molar-refractivity contribution in [1.82, 2.24) is 4.90 Å². The molecule has 0 saturated carbocycles. The Balaban J connectivity index is 2.85. The van der Waals surface area contributed by atoms with Crippen molar-refractivity contribution >= 4 is 15.2 Å². The summed E-state index contributed by atoms with van der Waals surface area (Å²) in [7, 11) is -1.25. The first-order valence-corrected chi connectivity index (χ1v) is 10.9. The summed E-state index contributed by atoms with van der Waals surface area (Å²) in [6.45, 7) is 2.54. The van der Waals surface area contributed by atoms with Crippen LogP contribution in [0.2, 0.25) is 0 Å². The Labute approximate surface area is 144 Å². The van der Waals surface area contributed by atoms with Crippen LogP contribution in [0.1, 0.15) is 11.1 Å². The largest absolute Gasteiger partial charge is 0.344 e. The molecule has 0 spiro atoms. The third-order valence-corrected chi connectivity index (χ3v) is 7.41. The first-order chi connectivity index (χ1) is 11.3. The van der Waals surface area contributed by atoms with Crippen LogP contribution < -0.4 is 0 Å². The zero-order valence-corrected chi connectivity index (χ0v) is 16.7. The van der Waals surface area contributed by atoms with Crippen LogP contribution in [-0.2, 0) is 33.6 Å². The van der Waals surface area contributed by atoms with Crippen molar-refractivity contribution in [3.05, 3.63) is 35.4 Å². The van der Waals surface area contributed by atoms with Crippen molar-refractivity contribution < 1.29 is 27.2 Å². The van der Waals surface area contributed by atoms with E-state index in [1.54, 1.807) is 4.90 Å². The highest BCUT2D eigenvalue weighted by Crippen LogP contribution is 2.51. The summed E-state index contributed by atoms with van der Waals surface area (Å²) in [6.07, 6.45) is 0.701. The van der Waals surface area contributed by atoms with Crippen LogP contribution in [0.3, 0.4) is 0 Å². The number of hydrogen-bond donors (Lipinski definition) is 0. The molecule has 0 unspecified atom stereocenters. The van der Waals surface area contributed by atoms with Crippen LogP contribution in [0.5, 0.6) is 0 Å². The van der Waals surface area contributed by atoms with Crippen molar-refractivity contribution in [2.45, 2.75) is 13.3 Å². The van der Waals surface area contributed by atoms with Gasteiger partial charge in [-0.3, -0.25) is 14.0 Å². The fraction of sp³-hybridized carbons (Fsp3) is 0.600. The molecule has 0 fully saturated rings. The van der Waals surface area contributed by atoms with Crippen molar-refractivity contribution in [2.24, 2.45) is 0 Å². The smallest absolute Gasteiger partial charge is 0.311 e. The van der Waals surface area contributed by atoms with E-state index in [0.717, 1.165) is 5.56 Å². The number of benzene rings is 1. The van der Waals surface area contributed by atoms with Crippen LogP contribution in [0.25, 0.3) is 0 Å². The molecule has 0 radical (unpaired) electrons. The lowest BCUT2D eigenvalue weighted by atomic mass is 10.1. The Kier molecular flexibility index (Phi) is 8.82. The van der Waals surface area contributed by atoms with Crippen molar-refractivity contribution in [3.63, 3.8) is 0 Å². The van der Waals surface area contributed by atoms with Crippen LogP contribution in [0.4, 0.5) is 0 Å². The molecule has 0 aromatic heterocycles. The van der Waals surface area contributed by atoms with Gasteiger partial charge < -0.3 is 18.1 Å². The van der Waals surface area contributed by atoms with E-state index in [4.69, 9.17) is 18.1 Å². The first-order valence-electron chi connectivity index (χ1n) is 7.48. The highest BCUT2D eigenvalue weighted by atomic mass is 31.2. The second-order valence-electron chi connectivity index (χ2n) is 5.36. The van der Waals surface area contributed by atoms with E-state index < -0.39 is 15.2 Å². The van der Waals surface area contributed by atoms with E-state index in [0.29, 0.717) is 13.0 Å². The Hall–Kier alpha value is -0.520. The van der Waals surface area contributed by atoms with Gasteiger partial charge in [-0.1, -0.05) is 29.8 Å². The maximum absolute atomic E-state index is 12.4. The van der Waals surface area contributed by atoms with Gasteiger partial charge in [0.15, 0.2) is 0 Å². The van der Waals surface area contributed by atoms with Crippen LogP contribution >= 0.6 is 15.2 Å². The lowest BCUT2D eigenvalue weighted by molar-refractivity contribution is 0.224. The summed E-state index contributed by atoms with van der Waals surface area (Å²) in [5, 5.41) is 0. The molecule has 138 valence electrons. The molecule has 0 N–H and O–H groups in total. The Bertz CT molecular complexity index is 548. The summed E-state index contributed by atoms with van der Waals surface area (Å²) < 4.78 is 44.8. The van der Waals surface area contributed by atoms with Gasteiger partial charge in [0.2, 0.25) is 0 Å². The van der Waals surface area contributed by atoms with Gasteiger partial charge in [0, 0.05) is 35.0 Å². The standard InChI is InChI=1S/C15H27NO6P2/c1-14-6-8-15(9-7-14)10-11-16(12-23(17,19-2)20-3)13-24(18,21-4)22-5/h6-9H,10-13H2,1-5H3. The maximum Gasteiger partial charge on any atom is 0.344 e. The molecule has 0 saturated heterocycles. The number of aryl methyl sites for hydroxylation is 1. The predicted molar refractivity (Wildman–Crippen MR) is 94.6 cm³/mol. The van der Waals surface area contributed by atoms with E-state index >= 15 is 0 Å². The summed E-state index contributed by atoms with van der Waals surface area (Å²) in [5.74, 6) is 0. The lowest BCUT2D eigenvalue weighted by Gasteiger charge is -2.27. The molecule has 7 nitrogen and oxygen atoms in total. The van der Waals surface area contributed by atoms with Crippen molar-refractivity contribution in [2.75, 3.05) is 47.6 Å². The fourth-order valence-electron chi connectivity index (χ4n) is 2.10. The minimum absolute atomic E-state index is 0.00255. The molecule has 0 aliphatic rings. The van der Waals surface area contributed by atoms with Gasteiger partial charge in [-0.05, 0) is 18.9 Å². The van der Waals surface area contributed by atoms with Gasteiger partial charge in [0.25, 0.3) is 0 Å². The van der Waals surface area contributed by atoms with E-state index in [1.165, 1.54) is 34.0 Å². The molecule has 0 aliphatic heterocycles. The van der Waals surface area contributed by atoms with E-state index in [1.807, 2.05) is 31.2 Å². The van der Waals surface area contributed by atoms with Gasteiger partial charge in [0.05, 0.1) is 0 Å². The molecular formula is C15H27NO6P2. The normalized spacial score (nSPS) is 12.8. The number of rotatable bonds is 11. The predicted octanol–water partition coefficient (Wildman–Crippen LogP) is 3.73. The average Bonchev–Trinajstić information content (AvgIpc) is 2.60. The van der Waals surface area contributed by atoms with Gasteiger partial charge in [0.1, 0.15) is 12.6 Å². The molecule has 24 heavy (non-hydrogen) atoms. The molecule has 1 rings (SSSR count). The average molecular weight is 379 g/mol. The van der Waals surface area contributed by atoms with Crippen LogP contribution in [0, 0.1) is 6.92 Å². The summed E-state index contributed by atoms with van der Waals surface area (Å²) >= 11 is 0. The Morgan fingerprint density at radius 2 is 1.25 bits per heavy atom. The molecule has 0 atom stereocenters. The van der Waals surface area contributed by atoms with Gasteiger partial charge in [-0.25, -0.2) is 0 Å². The van der Waals surface area contributed by atoms with E-state index in [-0.39, 0.29) is 12.6 Å². The molecule has 9 heteroatoms. The molecule has 0 heterocycles. The minimum atomic E-state index is -3.28. The maximum atomic E-state index is 12.4. The number of nitrogens with zero attached hydrogens (tertiary/aromatic N) is 1. The lowest BCUT2D eigenvalue weighted by Crippen LogP contribution is -2.29.